The number of hydrogen-bond acceptors (Lipinski definition) is 8. The number of hydrogen-bond donors (Lipinski definition) is 2. The Bertz CT molecular complexity index is 885. The summed E-state index contributed by atoms with van der Waals surface area (Å²) in [6, 6.07) is 5.59. The lowest BCUT2D eigenvalue weighted by Gasteiger charge is -2.61. The fourth-order valence-electron chi connectivity index (χ4n) is 4.27. The number of alkyl halides is 3. The third kappa shape index (κ3) is 3.83. The summed E-state index contributed by atoms with van der Waals surface area (Å²) in [5.41, 5.74) is 0.861. The lowest BCUT2D eigenvalue weighted by Crippen LogP contribution is -2.66. The number of fused-ring (bicyclic) bond motifs is 1. The normalized spacial score (nSPS) is 20.0. The van der Waals surface area contributed by atoms with Crippen molar-refractivity contribution in [3.63, 3.8) is 0 Å². The first-order chi connectivity index (χ1) is 13.7. The lowest BCUT2D eigenvalue weighted by atomic mass is 9.60. The quantitative estimate of drug-likeness (QED) is 0.677. The van der Waals surface area contributed by atoms with Gasteiger partial charge in [-0.1, -0.05) is 0 Å². The van der Waals surface area contributed by atoms with Crippen LogP contribution in [0.25, 0.3) is 10.9 Å². The molecule has 2 aliphatic rings. The van der Waals surface area contributed by atoms with E-state index >= 15 is 0 Å². The Morgan fingerprint density at radius 1 is 1.38 bits per heavy atom. The average molecular weight is 429 g/mol. The highest BCUT2D eigenvalue weighted by Gasteiger charge is 2.55. The molecule has 7 nitrogen and oxygen atoms in total. The molecule has 0 amide bonds. The highest BCUT2D eigenvalue weighted by molar-refractivity contribution is 7.94. The standard InChI is InChI=1S/C18H22F3N5O2S/c1-28-12-2-3-13-14(4-12)23-10-24-16(13)25-8-17(9-25)5-11(6-17)26(29-22)7-15(27)18(19,20)21/h2-4,10-11,15,27H,5-9,22H2,1H3. The molecule has 1 saturated carbocycles. The van der Waals surface area contributed by atoms with Crippen molar-refractivity contribution in [1.82, 2.24) is 14.3 Å². The molecule has 2 fully saturated rings. The third-order valence-electron chi connectivity index (χ3n) is 5.79. The van der Waals surface area contributed by atoms with Crippen LogP contribution in [0.3, 0.4) is 0 Å². The fourth-order valence-corrected chi connectivity index (χ4v) is 4.82. The van der Waals surface area contributed by atoms with Gasteiger partial charge in [0, 0.05) is 54.7 Å². The summed E-state index contributed by atoms with van der Waals surface area (Å²) in [5, 5.41) is 15.8. The van der Waals surface area contributed by atoms with Crippen molar-refractivity contribution in [2.24, 2.45) is 10.6 Å². The number of aliphatic hydroxyl groups is 1. The van der Waals surface area contributed by atoms with Crippen LogP contribution in [0.1, 0.15) is 12.8 Å². The number of aliphatic hydroxyl groups excluding tert-OH is 1. The molecule has 2 heterocycles. The Morgan fingerprint density at radius 2 is 2.10 bits per heavy atom. The summed E-state index contributed by atoms with van der Waals surface area (Å²) >= 11 is 0.763. The van der Waals surface area contributed by atoms with Gasteiger partial charge in [0.1, 0.15) is 17.9 Å². The van der Waals surface area contributed by atoms with Gasteiger partial charge in [-0.15, -0.1) is 0 Å². The van der Waals surface area contributed by atoms with Gasteiger partial charge in [-0.05, 0) is 25.0 Å². The molecule has 3 N–H and O–H groups in total. The molecular formula is C18H22F3N5O2S. The van der Waals surface area contributed by atoms with Crippen LogP contribution in [0.4, 0.5) is 19.0 Å². The maximum Gasteiger partial charge on any atom is 0.415 e. The highest BCUT2D eigenvalue weighted by Crippen LogP contribution is 2.52. The Labute approximate surface area is 170 Å². The second-order valence-electron chi connectivity index (χ2n) is 7.76. The first-order valence-corrected chi connectivity index (χ1v) is 10.0. The van der Waals surface area contributed by atoms with Crippen molar-refractivity contribution < 1.29 is 23.0 Å². The Morgan fingerprint density at radius 3 is 2.72 bits per heavy atom. The van der Waals surface area contributed by atoms with Crippen molar-refractivity contribution in [3.8, 4) is 5.75 Å². The van der Waals surface area contributed by atoms with E-state index in [1.54, 1.807) is 7.11 Å². The van der Waals surface area contributed by atoms with Gasteiger partial charge in [0.05, 0.1) is 12.6 Å². The maximum absolute atomic E-state index is 12.6. The molecule has 29 heavy (non-hydrogen) atoms. The smallest absolute Gasteiger partial charge is 0.415 e. The van der Waals surface area contributed by atoms with Crippen LogP contribution in [0.15, 0.2) is 24.5 Å². The number of rotatable bonds is 6. The van der Waals surface area contributed by atoms with E-state index < -0.39 is 18.8 Å². The minimum atomic E-state index is -4.64. The predicted octanol–water partition coefficient (Wildman–Crippen LogP) is 2.35. The second kappa shape index (κ2) is 7.46. The van der Waals surface area contributed by atoms with E-state index in [0.29, 0.717) is 0 Å². The van der Waals surface area contributed by atoms with Crippen LogP contribution < -0.4 is 14.8 Å². The van der Waals surface area contributed by atoms with Gasteiger partial charge in [-0.3, -0.25) is 5.14 Å². The molecule has 1 unspecified atom stereocenters. The van der Waals surface area contributed by atoms with Crippen LogP contribution in [0.5, 0.6) is 5.75 Å². The number of methoxy groups -OCH3 is 1. The first kappa shape index (κ1) is 20.5. The van der Waals surface area contributed by atoms with Crippen LogP contribution in [-0.4, -0.2) is 64.4 Å². The van der Waals surface area contributed by atoms with Crippen LogP contribution in [0.2, 0.25) is 0 Å². The number of anilines is 1. The van der Waals surface area contributed by atoms with Crippen LogP contribution in [0, 0.1) is 5.41 Å². The summed E-state index contributed by atoms with van der Waals surface area (Å²) in [5.74, 6) is 1.58. The van der Waals surface area contributed by atoms with Gasteiger partial charge >= 0.3 is 6.18 Å². The molecule has 0 radical (unpaired) electrons. The Balaban J connectivity index is 1.38. The number of aromatic nitrogens is 2. The molecule has 1 aromatic carbocycles. The SMILES string of the molecule is COc1ccc2c(N3CC4(CC(N(CC(O)C(F)(F)F)SN)C4)C3)ncnc2c1. The highest BCUT2D eigenvalue weighted by atomic mass is 32.2. The molecule has 11 heteroatoms. The zero-order valence-corrected chi connectivity index (χ0v) is 16.6. The third-order valence-corrected chi connectivity index (χ3v) is 6.50. The van der Waals surface area contributed by atoms with Gasteiger partial charge in [-0.2, -0.15) is 13.2 Å². The first-order valence-electron chi connectivity index (χ1n) is 9.17. The largest absolute Gasteiger partial charge is 0.497 e. The number of halogens is 3. The van der Waals surface area contributed by atoms with Gasteiger partial charge in [0.2, 0.25) is 0 Å². The summed E-state index contributed by atoms with van der Waals surface area (Å²) in [7, 11) is 1.60. The number of benzene rings is 1. The Hall–Kier alpha value is -1.82. The van der Waals surface area contributed by atoms with Crippen molar-refractivity contribution in [2.75, 3.05) is 31.6 Å². The Kier molecular flexibility index (Phi) is 5.26. The summed E-state index contributed by atoms with van der Waals surface area (Å²) < 4.78 is 44.5. The van der Waals surface area contributed by atoms with Gasteiger partial charge in [0.25, 0.3) is 0 Å². The van der Waals surface area contributed by atoms with Crippen molar-refractivity contribution in [1.29, 1.82) is 0 Å². The second-order valence-corrected chi connectivity index (χ2v) is 8.44. The molecule has 1 aliphatic heterocycles. The van der Waals surface area contributed by atoms with E-state index in [2.05, 4.69) is 14.9 Å². The molecule has 1 aliphatic carbocycles. The molecule has 1 spiro atoms. The van der Waals surface area contributed by atoms with Gasteiger partial charge in [0.15, 0.2) is 6.10 Å². The molecular weight excluding hydrogens is 407 g/mol. The molecule has 1 atom stereocenters. The minimum absolute atomic E-state index is 0.0611. The van der Waals surface area contributed by atoms with Gasteiger partial charge in [-0.25, -0.2) is 14.3 Å². The molecule has 0 bridgehead atoms. The summed E-state index contributed by atoms with van der Waals surface area (Å²) in [4.78, 5) is 10.9. The zero-order chi connectivity index (χ0) is 20.8. The summed E-state index contributed by atoms with van der Waals surface area (Å²) in [6.45, 7) is 1.05. The molecule has 1 aromatic heterocycles. The van der Waals surface area contributed by atoms with Crippen LogP contribution in [-0.2, 0) is 0 Å². The van der Waals surface area contributed by atoms with E-state index in [9.17, 15) is 18.3 Å². The molecule has 1 saturated heterocycles. The average Bonchev–Trinajstić information content (AvgIpc) is 2.63. The van der Waals surface area contributed by atoms with Crippen molar-refractivity contribution in [3.05, 3.63) is 24.5 Å². The number of nitrogens with zero attached hydrogens (tertiary/aromatic N) is 4. The topological polar surface area (TPSA) is 87.7 Å². The van der Waals surface area contributed by atoms with Gasteiger partial charge < -0.3 is 14.7 Å². The van der Waals surface area contributed by atoms with Crippen molar-refractivity contribution >= 4 is 28.9 Å². The maximum atomic E-state index is 12.6. The van der Waals surface area contributed by atoms with E-state index in [1.165, 1.54) is 10.6 Å². The van der Waals surface area contributed by atoms with E-state index in [-0.39, 0.29) is 11.5 Å². The fraction of sp³-hybridized carbons (Fsp3) is 0.556. The van der Waals surface area contributed by atoms with E-state index in [4.69, 9.17) is 9.88 Å². The molecule has 4 rings (SSSR count). The minimum Gasteiger partial charge on any atom is -0.497 e. The molecule has 158 valence electrons. The predicted molar refractivity (Wildman–Crippen MR) is 104 cm³/mol. The van der Waals surface area contributed by atoms with E-state index in [0.717, 1.165) is 60.5 Å². The monoisotopic (exact) mass is 429 g/mol. The number of nitrogens with two attached hydrogens (primary N) is 1. The molecule has 2 aromatic rings. The van der Waals surface area contributed by atoms with Crippen LogP contribution >= 0.6 is 12.1 Å². The lowest BCUT2D eigenvalue weighted by molar-refractivity contribution is -0.207. The number of ether oxygens (including phenoxy) is 1. The zero-order valence-electron chi connectivity index (χ0n) is 15.8. The summed E-state index contributed by atoms with van der Waals surface area (Å²) in [6.07, 6.45) is -4.02. The van der Waals surface area contributed by atoms with Crippen molar-refractivity contribution in [2.45, 2.75) is 31.2 Å². The van der Waals surface area contributed by atoms with E-state index in [1.807, 2.05) is 18.2 Å².